The van der Waals surface area contributed by atoms with Gasteiger partial charge in [0.25, 0.3) is 0 Å². The Kier molecular flexibility index (Phi) is 4.37. The summed E-state index contributed by atoms with van der Waals surface area (Å²) in [6.45, 7) is 4.68. The van der Waals surface area contributed by atoms with Crippen LogP contribution in [0.2, 0.25) is 0 Å². The van der Waals surface area contributed by atoms with Gasteiger partial charge in [-0.2, -0.15) is 0 Å². The summed E-state index contributed by atoms with van der Waals surface area (Å²) in [6.07, 6.45) is 6.41. The fraction of sp³-hybridized carbons (Fsp3) is 0.588. The number of nitrogens with zero attached hydrogens (tertiary/aromatic N) is 3. The van der Waals surface area contributed by atoms with Crippen molar-refractivity contribution in [3.8, 4) is 0 Å². The van der Waals surface area contributed by atoms with E-state index < -0.39 is 0 Å². The molecule has 0 unspecified atom stereocenters. The number of rotatable bonds is 5. The number of piperidine rings is 1. The zero-order chi connectivity index (χ0) is 16.5. The standard InChI is InChI=1S/C17H22N4O2S/c1-11-8-15(20-23-11)19-16(22)12-4-6-21(7-5-12)10-14-9-18-17(24-14)13-2-3-13/h8-9,12-13H,2-7,10H2,1H3,(H,19,20,22). The van der Waals surface area contributed by atoms with Crippen LogP contribution in [0.5, 0.6) is 0 Å². The van der Waals surface area contributed by atoms with E-state index in [1.54, 1.807) is 6.07 Å². The van der Waals surface area contributed by atoms with Crippen molar-refractivity contribution < 1.29 is 9.32 Å². The highest BCUT2D eigenvalue weighted by Gasteiger charge is 2.28. The second-order valence-electron chi connectivity index (χ2n) is 6.80. The molecule has 2 aliphatic rings. The number of carbonyl (C=O) groups is 1. The first-order chi connectivity index (χ1) is 11.7. The Morgan fingerprint density at radius 3 is 2.83 bits per heavy atom. The molecule has 2 fully saturated rings. The summed E-state index contributed by atoms with van der Waals surface area (Å²) >= 11 is 1.86. The Morgan fingerprint density at radius 2 is 2.17 bits per heavy atom. The number of amides is 1. The molecule has 128 valence electrons. The van der Waals surface area contributed by atoms with E-state index in [2.05, 4.69) is 20.4 Å². The quantitative estimate of drug-likeness (QED) is 0.900. The van der Waals surface area contributed by atoms with Crippen LogP contribution in [0, 0.1) is 12.8 Å². The van der Waals surface area contributed by atoms with Gasteiger partial charge in [-0.25, -0.2) is 4.98 Å². The fourth-order valence-electron chi connectivity index (χ4n) is 3.14. The molecular weight excluding hydrogens is 324 g/mol. The van der Waals surface area contributed by atoms with Gasteiger partial charge >= 0.3 is 0 Å². The first-order valence-electron chi connectivity index (χ1n) is 8.58. The van der Waals surface area contributed by atoms with Crippen LogP contribution in [0.25, 0.3) is 0 Å². The smallest absolute Gasteiger partial charge is 0.228 e. The van der Waals surface area contributed by atoms with Crippen molar-refractivity contribution in [1.82, 2.24) is 15.0 Å². The van der Waals surface area contributed by atoms with Gasteiger partial charge in [-0.1, -0.05) is 5.16 Å². The maximum atomic E-state index is 12.3. The molecule has 0 atom stereocenters. The maximum absolute atomic E-state index is 12.3. The van der Waals surface area contributed by atoms with Crippen molar-refractivity contribution in [3.63, 3.8) is 0 Å². The Hall–Kier alpha value is -1.73. The molecule has 0 aromatic carbocycles. The number of aromatic nitrogens is 2. The third-order valence-electron chi connectivity index (χ3n) is 4.72. The number of anilines is 1. The van der Waals surface area contributed by atoms with E-state index in [0.717, 1.165) is 38.4 Å². The Labute approximate surface area is 145 Å². The number of hydrogen-bond donors (Lipinski definition) is 1. The average molecular weight is 346 g/mol. The number of aryl methyl sites for hydroxylation is 1. The molecule has 6 nitrogen and oxygen atoms in total. The number of likely N-dealkylation sites (tertiary alicyclic amines) is 1. The molecule has 4 rings (SSSR count). The molecule has 1 aliphatic heterocycles. The third kappa shape index (κ3) is 3.67. The second kappa shape index (κ2) is 6.64. The maximum Gasteiger partial charge on any atom is 0.228 e. The zero-order valence-electron chi connectivity index (χ0n) is 13.8. The van der Waals surface area contributed by atoms with Crippen LogP contribution < -0.4 is 5.32 Å². The first kappa shape index (κ1) is 15.8. The highest BCUT2D eigenvalue weighted by molar-refractivity contribution is 7.11. The monoisotopic (exact) mass is 346 g/mol. The molecule has 7 heteroatoms. The summed E-state index contributed by atoms with van der Waals surface area (Å²) in [4.78, 5) is 20.6. The van der Waals surface area contributed by atoms with Gasteiger partial charge in [-0.3, -0.25) is 9.69 Å². The van der Waals surface area contributed by atoms with Gasteiger partial charge < -0.3 is 9.84 Å². The number of carbonyl (C=O) groups excluding carboxylic acids is 1. The van der Waals surface area contributed by atoms with E-state index in [9.17, 15) is 4.79 Å². The zero-order valence-corrected chi connectivity index (χ0v) is 14.6. The molecule has 1 aliphatic carbocycles. The lowest BCUT2D eigenvalue weighted by Crippen LogP contribution is -2.37. The van der Waals surface area contributed by atoms with Crippen LogP contribution in [-0.2, 0) is 11.3 Å². The highest BCUT2D eigenvalue weighted by Crippen LogP contribution is 2.42. The minimum Gasteiger partial charge on any atom is -0.360 e. The topological polar surface area (TPSA) is 71.3 Å². The van der Waals surface area contributed by atoms with Gasteiger partial charge in [0.15, 0.2) is 5.82 Å². The summed E-state index contributed by atoms with van der Waals surface area (Å²) in [6, 6.07) is 1.74. The van der Waals surface area contributed by atoms with Gasteiger partial charge in [-0.05, 0) is 45.7 Å². The molecule has 3 heterocycles. The molecule has 2 aromatic heterocycles. The molecule has 1 N–H and O–H groups in total. The summed E-state index contributed by atoms with van der Waals surface area (Å²) in [7, 11) is 0. The summed E-state index contributed by atoms with van der Waals surface area (Å²) in [5, 5.41) is 7.98. The third-order valence-corrected chi connectivity index (χ3v) is 5.86. The molecule has 24 heavy (non-hydrogen) atoms. The molecular formula is C17H22N4O2S. The van der Waals surface area contributed by atoms with Crippen LogP contribution >= 0.6 is 11.3 Å². The van der Waals surface area contributed by atoms with Gasteiger partial charge in [-0.15, -0.1) is 11.3 Å². The van der Waals surface area contributed by atoms with E-state index in [4.69, 9.17) is 4.52 Å². The number of thiazole rings is 1. The predicted octanol–water partition coefficient (Wildman–Crippen LogP) is 3.17. The number of hydrogen-bond acceptors (Lipinski definition) is 6. The van der Waals surface area contributed by atoms with Crippen molar-refractivity contribution in [2.45, 2.75) is 45.1 Å². The van der Waals surface area contributed by atoms with Crippen molar-refractivity contribution in [2.75, 3.05) is 18.4 Å². The second-order valence-corrected chi connectivity index (χ2v) is 7.95. The van der Waals surface area contributed by atoms with Crippen molar-refractivity contribution in [3.05, 3.63) is 27.9 Å². The van der Waals surface area contributed by atoms with Crippen LogP contribution in [0.15, 0.2) is 16.8 Å². The van der Waals surface area contributed by atoms with Gasteiger partial charge in [0.1, 0.15) is 5.76 Å². The normalized spacial score (nSPS) is 19.5. The lowest BCUT2D eigenvalue weighted by atomic mass is 9.96. The predicted molar refractivity (Wildman–Crippen MR) is 92.0 cm³/mol. The minimum absolute atomic E-state index is 0.0526. The summed E-state index contributed by atoms with van der Waals surface area (Å²) < 4.78 is 4.98. The average Bonchev–Trinajstić information content (AvgIpc) is 3.20. The van der Waals surface area contributed by atoms with E-state index in [-0.39, 0.29) is 11.8 Å². The molecule has 1 saturated carbocycles. The Morgan fingerprint density at radius 1 is 1.38 bits per heavy atom. The molecule has 0 bridgehead atoms. The fourth-order valence-corrected chi connectivity index (χ4v) is 4.27. The van der Waals surface area contributed by atoms with Gasteiger partial charge in [0.2, 0.25) is 5.91 Å². The van der Waals surface area contributed by atoms with Crippen LogP contribution in [0.3, 0.4) is 0 Å². The van der Waals surface area contributed by atoms with E-state index in [0.29, 0.717) is 11.6 Å². The van der Waals surface area contributed by atoms with Crippen molar-refractivity contribution >= 4 is 23.1 Å². The van der Waals surface area contributed by atoms with Crippen LogP contribution in [0.4, 0.5) is 5.82 Å². The Balaban J connectivity index is 1.25. The lowest BCUT2D eigenvalue weighted by molar-refractivity contribution is -0.121. The van der Waals surface area contributed by atoms with E-state index in [1.807, 2.05) is 24.5 Å². The Bertz CT molecular complexity index is 714. The SMILES string of the molecule is Cc1cc(NC(=O)C2CCN(Cc3cnc(C4CC4)s3)CC2)no1. The van der Waals surface area contributed by atoms with Gasteiger partial charge in [0, 0.05) is 35.5 Å². The molecule has 1 saturated heterocycles. The molecule has 0 radical (unpaired) electrons. The highest BCUT2D eigenvalue weighted by atomic mass is 32.1. The molecule has 2 aromatic rings. The minimum atomic E-state index is 0.0526. The van der Waals surface area contributed by atoms with Crippen LogP contribution in [0.1, 0.15) is 47.2 Å². The van der Waals surface area contributed by atoms with Crippen molar-refractivity contribution in [2.24, 2.45) is 5.92 Å². The number of nitrogens with one attached hydrogen (secondary N) is 1. The van der Waals surface area contributed by atoms with Gasteiger partial charge in [0.05, 0.1) is 5.01 Å². The first-order valence-corrected chi connectivity index (χ1v) is 9.40. The summed E-state index contributed by atoms with van der Waals surface area (Å²) in [5.74, 6) is 2.06. The largest absolute Gasteiger partial charge is 0.360 e. The van der Waals surface area contributed by atoms with E-state index in [1.165, 1.54) is 22.7 Å². The molecule has 1 amide bonds. The van der Waals surface area contributed by atoms with Crippen molar-refractivity contribution in [1.29, 1.82) is 0 Å². The van der Waals surface area contributed by atoms with E-state index >= 15 is 0 Å². The summed E-state index contributed by atoms with van der Waals surface area (Å²) in [5.41, 5.74) is 0. The molecule has 0 spiro atoms. The van der Waals surface area contributed by atoms with Crippen LogP contribution in [-0.4, -0.2) is 34.0 Å². The lowest BCUT2D eigenvalue weighted by Gasteiger charge is -2.30.